The highest BCUT2D eigenvalue weighted by molar-refractivity contribution is 5.38. The summed E-state index contributed by atoms with van der Waals surface area (Å²) < 4.78 is 13.4. The van der Waals surface area contributed by atoms with Gasteiger partial charge < -0.3 is 10.6 Å². The molecular weight excluding hydrogens is 245 g/mol. The maximum Gasteiger partial charge on any atom is 0.244 e. The van der Waals surface area contributed by atoms with Gasteiger partial charge in [-0.2, -0.15) is 10.1 Å². The molecule has 6 heteroatoms. The third-order valence-corrected chi connectivity index (χ3v) is 2.38. The Labute approximate surface area is 110 Å². The van der Waals surface area contributed by atoms with Crippen LogP contribution in [0.3, 0.4) is 0 Å². The summed E-state index contributed by atoms with van der Waals surface area (Å²) in [5, 5.41) is 13.6. The molecule has 0 spiro atoms. The van der Waals surface area contributed by atoms with Crippen LogP contribution in [-0.4, -0.2) is 21.7 Å². The molecule has 1 aromatic heterocycles. The Kier molecular flexibility index (Phi) is 4.39. The van der Waals surface area contributed by atoms with Gasteiger partial charge in [-0.25, -0.2) is 4.39 Å². The maximum atomic E-state index is 13.4. The third kappa shape index (κ3) is 3.74. The second kappa shape index (κ2) is 6.44. The van der Waals surface area contributed by atoms with Crippen molar-refractivity contribution < 1.29 is 4.39 Å². The van der Waals surface area contributed by atoms with Crippen LogP contribution < -0.4 is 10.6 Å². The quantitative estimate of drug-likeness (QED) is 0.779. The normalized spacial score (nSPS) is 9.95. The molecule has 5 nitrogen and oxygen atoms in total. The van der Waals surface area contributed by atoms with Crippen molar-refractivity contribution in [3.05, 3.63) is 54.5 Å². The molecule has 0 saturated heterocycles. The summed E-state index contributed by atoms with van der Waals surface area (Å²) in [5.41, 5.74) is 0.551. The fourth-order valence-electron chi connectivity index (χ4n) is 1.46. The molecule has 0 amide bonds. The molecule has 2 rings (SSSR count). The van der Waals surface area contributed by atoms with Crippen molar-refractivity contribution >= 4 is 11.8 Å². The molecule has 0 radical (unpaired) electrons. The number of anilines is 2. The molecule has 0 bridgehead atoms. The molecule has 0 saturated carbocycles. The zero-order valence-corrected chi connectivity index (χ0v) is 10.3. The molecule has 0 fully saturated rings. The monoisotopic (exact) mass is 259 g/mol. The standard InChI is InChI=1S/C13H14FN5/c1-2-7-15-12-9-17-19-13(18-12)16-8-10-5-3-4-6-11(10)14/h2-6,9H,1,7-8H2,(H2,15,16,18,19). The Morgan fingerprint density at radius 3 is 2.89 bits per heavy atom. The highest BCUT2D eigenvalue weighted by Gasteiger charge is 2.03. The van der Waals surface area contributed by atoms with Gasteiger partial charge in [0.05, 0.1) is 6.20 Å². The van der Waals surface area contributed by atoms with E-state index in [0.717, 1.165) is 0 Å². The first kappa shape index (κ1) is 12.9. The van der Waals surface area contributed by atoms with E-state index >= 15 is 0 Å². The van der Waals surface area contributed by atoms with E-state index in [9.17, 15) is 4.39 Å². The lowest BCUT2D eigenvalue weighted by molar-refractivity contribution is 0.612. The summed E-state index contributed by atoms with van der Waals surface area (Å²) >= 11 is 0. The lowest BCUT2D eigenvalue weighted by atomic mass is 10.2. The minimum atomic E-state index is -0.260. The number of rotatable bonds is 6. The van der Waals surface area contributed by atoms with Gasteiger partial charge in [0.1, 0.15) is 5.82 Å². The van der Waals surface area contributed by atoms with E-state index in [0.29, 0.717) is 30.4 Å². The molecule has 2 N–H and O–H groups in total. The second-order valence-electron chi connectivity index (χ2n) is 3.78. The fourth-order valence-corrected chi connectivity index (χ4v) is 1.46. The lowest BCUT2D eigenvalue weighted by Gasteiger charge is -2.07. The van der Waals surface area contributed by atoms with E-state index in [1.165, 1.54) is 12.3 Å². The molecule has 1 aromatic carbocycles. The van der Waals surface area contributed by atoms with E-state index < -0.39 is 0 Å². The Morgan fingerprint density at radius 2 is 2.11 bits per heavy atom. The second-order valence-corrected chi connectivity index (χ2v) is 3.78. The van der Waals surface area contributed by atoms with Crippen molar-refractivity contribution in [2.45, 2.75) is 6.54 Å². The van der Waals surface area contributed by atoms with Gasteiger partial charge in [-0.15, -0.1) is 11.7 Å². The maximum absolute atomic E-state index is 13.4. The summed E-state index contributed by atoms with van der Waals surface area (Å²) in [5.74, 6) is 0.673. The van der Waals surface area contributed by atoms with Crippen molar-refractivity contribution in [2.75, 3.05) is 17.2 Å². The van der Waals surface area contributed by atoms with Crippen LogP contribution in [0.15, 0.2) is 43.1 Å². The van der Waals surface area contributed by atoms with E-state index in [1.807, 2.05) is 0 Å². The van der Waals surface area contributed by atoms with Crippen molar-refractivity contribution in [1.29, 1.82) is 0 Å². The SMILES string of the molecule is C=CCNc1cnnc(NCc2ccccc2F)n1. The van der Waals surface area contributed by atoms with Gasteiger partial charge in [0, 0.05) is 18.7 Å². The van der Waals surface area contributed by atoms with E-state index in [4.69, 9.17) is 0 Å². The van der Waals surface area contributed by atoms with Crippen LogP contribution in [0, 0.1) is 5.82 Å². The molecule has 0 atom stereocenters. The highest BCUT2D eigenvalue weighted by Crippen LogP contribution is 2.09. The zero-order valence-electron chi connectivity index (χ0n) is 10.3. The Hall–Kier alpha value is -2.50. The van der Waals surface area contributed by atoms with Gasteiger partial charge in [-0.1, -0.05) is 24.3 Å². The molecule has 0 aliphatic heterocycles. The molecule has 2 aromatic rings. The topological polar surface area (TPSA) is 62.7 Å². The zero-order chi connectivity index (χ0) is 13.5. The molecule has 0 unspecified atom stereocenters. The van der Waals surface area contributed by atoms with E-state index in [-0.39, 0.29) is 5.82 Å². The predicted octanol–water partition coefficient (Wildman–Crippen LogP) is 2.22. The van der Waals surface area contributed by atoms with Gasteiger partial charge in [-0.3, -0.25) is 0 Å². The molecule has 98 valence electrons. The summed E-state index contributed by atoms with van der Waals surface area (Å²) in [4.78, 5) is 4.19. The smallest absolute Gasteiger partial charge is 0.244 e. The van der Waals surface area contributed by atoms with Gasteiger partial charge in [-0.05, 0) is 6.07 Å². The third-order valence-electron chi connectivity index (χ3n) is 2.38. The summed E-state index contributed by atoms with van der Waals surface area (Å²) in [6, 6.07) is 6.55. The Bertz CT molecular complexity index is 558. The molecule has 19 heavy (non-hydrogen) atoms. The minimum absolute atomic E-state index is 0.260. The summed E-state index contributed by atoms with van der Waals surface area (Å²) in [6.07, 6.45) is 3.23. The molecule has 0 aliphatic carbocycles. The van der Waals surface area contributed by atoms with Gasteiger partial charge in [0.2, 0.25) is 5.95 Å². The van der Waals surface area contributed by atoms with Crippen LogP contribution >= 0.6 is 0 Å². The predicted molar refractivity (Wildman–Crippen MR) is 72.2 cm³/mol. The number of hydrogen-bond donors (Lipinski definition) is 2. The van der Waals surface area contributed by atoms with Crippen LogP contribution in [0.25, 0.3) is 0 Å². The van der Waals surface area contributed by atoms with Crippen LogP contribution in [0.5, 0.6) is 0 Å². The van der Waals surface area contributed by atoms with E-state index in [1.54, 1.807) is 24.3 Å². The van der Waals surface area contributed by atoms with Crippen molar-refractivity contribution in [3.8, 4) is 0 Å². The van der Waals surface area contributed by atoms with Crippen LogP contribution in [-0.2, 0) is 6.54 Å². The average Bonchev–Trinajstić information content (AvgIpc) is 2.45. The van der Waals surface area contributed by atoms with Gasteiger partial charge in [0.25, 0.3) is 0 Å². The first-order chi connectivity index (χ1) is 9.29. The van der Waals surface area contributed by atoms with Crippen LogP contribution in [0.4, 0.5) is 16.2 Å². The first-order valence-corrected chi connectivity index (χ1v) is 5.81. The van der Waals surface area contributed by atoms with Crippen molar-refractivity contribution in [3.63, 3.8) is 0 Å². The Morgan fingerprint density at radius 1 is 1.26 bits per heavy atom. The van der Waals surface area contributed by atoms with Crippen molar-refractivity contribution in [1.82, 2.24) is 15.2 Å². The summed E-state index contributed by atoms with van der Waals surface area (Å²) in [6.45, 7) is 4.49. The van der Waals surface area contributed by atoms with E-state index in [2.05, 4.69) is 32.4 Å². The number of hydrogen-bond acceptors (Lipinski definition) is 5. The van der Waals surface area contributed by atoms with Crippen LogP contribution in [0.1, 0.15) is 5.56 Å². The number of nitrogens with one attached hydrogen (secondary N) is 2. The molecule has 1 heterocycles. The number of halogens is 1. The minimum Gasteiger partial charge on any atom is -0.365 e. The number of nitrogens with zero attached hydrogens (tertiary/aromatic N) is 3. The summed E-state index contributed by atoms with van der Waals surface area (Å²) in [7, 11) is 0. The van der Waals surface area contributed by atoms with Crippen LogP contribution in [0.2, 0.25) is 0 Å². The molecule has 0 aliphatic rings. The Balaban J connectivity index is 1.99. The number of aromatic nitrogens is 3. The average molecular weight is 259 g/mol. The lowest BCUT2D eigenvalue weighted by Crippen LogP contribution is -2.08. The highest BCUT2D eigenvalue weighted by atomic mass is 19.1. The fraction of sp³-hybridized carbons (Fsp3) is 0.154. The largest absolute Gasteiger partial charge is 0.365 e. The molecular formula is C13H14FN5. The van der Waals surface area contributed by atoms with Crippen molar-refractivity contribution in [2.24, 2.45) is 0 Å². The first-order valence-electron chi connectivity index (χ1n) is 5.81. The van der Waals surface area contributed by atoms with Gasteiger partial charge in [0.15, 0.2) is 5.82 Å². The number of benzene rings is 1. The van der Waals surface area contributed by atoms with Gasteiger partial charge >= 0.3 is 0 Å².